The molecule has 1 amide bonds. The highest BCUT2D eigenvalue weighted by Crippen LogP contribution is 2.17. The Morgan fingerprint density at radius 1 is 1.17 bits per heavy atom. The smallest absolute Gasteiger partial charge is 0.257 e. The third-order valence-corrected chi connectivity index (χ3v) is 2.87. The van der Waals surface area contributed by atoms with Gasteiger partial charge in [0.2, 0.25) is 0 Å². The van der Waals surface area contributed by atoms with Gasteiger partial charge in [-0.25, -0.2) is 0 Å². The summed E-state index contributed by atoms with van der Waals surface area (Å²) in [6, 6.07) is 14.3. The van der Waals surface area contributed by atoms with Crippen LogP contribution >= 0.6 is 11.6 Å². The fourth-order valence-electron chi connectivity index (χ4n) is 1.62. The van der Waals surface area contributed by atoms with Crippen LogP contribution in [0.1, 0.15) is 15.9 Å². The molecule has 2 aromatic rings. The Kier molecular flexibility index (Phi) is 3.97. The van der Waals surface area contributed by atoms with Crippen molar-refractivity contribution in [1.29, 1.82) is 0 Å². The third kappa shape index (κ3) is 2.88. The predicted molar refractivity (Wildman–Crippen MR) is 73.7 cm³/mol. The number of nitrogens with one attached hydrogen (secondary N) is 1. The van der Waals surface area contributed by atoms with Gasteiger partial charge in [0.25, 0.3) is 5.91 Å². The molecule has 0 saturated carbocycles. The van der Waals surface area contributed by atoms with E-state index in [4.69, 9.17) is 17.3 Å². The molecule has 92 valence electrons. The number of amides is 1. The molecule has 4 heteroatoms. The fraction of sp³-hybridized carbons (Fsp3) is 0.0714. The zero-order valence-electron chi connectivity index (χ0n) is 9.69. The molecule has 0 aliphatic carbocycles. The number of nitrogens with two attached hydrogens (primary N) is 1. The number of halogens is 1. The molecule has 0 aliphatic heterocycles. The van der Waals surface area contributed by atoms with Gasteiger partial charge in [0, 0.05) is 12.2 Å². The molecule has 0 bridgehead atoms. The number of carbonyl (C=O) groups is 1. The molecule has 0 atom stereocenters. The molecular formula is C14H13ClN2O. The maximum atomic E-state index is 12.0. The maximum Gasteiger partial charge on any atom is 0.257 e. The Hall–Kier alpha value is -1.84. The van der Waals surface area contributed by atoms with Crippen LogP contribution in [0, 0.1) is 0 Å². The van der Waals surface area contributed by atoms with Crippen LogP contribution in [0.15, 0.2) is 48.5 Å². The van der Waals surface area contributed by atoms with Crippen LogP contribution in [0.5, 0.6) is 0 Å². The molecule has 0 aromatic heterocycles. The van der Waals surface area contributed by atoms with Crippen LogP contribution in [-0.4, -0.2) is 5.91 Å². The second kappa shape index (κ2) is 5.67. The third-order valence-electron chi connectivity index (χ3n) is 2.54. The Labute approximate surface area is 111 Å². The highest BCUT2D eigenvalue weighted by atomic mass is 35.5. The second-order valence-electron chi connectivity index (χ2n) is 3.84. The summed E-state index contributed by atoms with van der Waals surface area (Å²) in [7, 11) is 0. The Morgan fingerprint density at radius 3 is 2.67 bits per heavy atom. The summed E-state index contributed by atoms with van der Waals surface area (Å²) in [5.41, 5.74) is 7.68. The Balaban J connectivity index is 2.19. The Bertz CT molecular complexity index is 569. The average Bonchev–Trinajstić information content (AvgIpc) is 2.39. The number of hydrogen-bond donors (Lipinski definition) is 2. The van der Waals surface area contributed by atoms with E-state index in [1.165, 1.54) is 0 Å². The van der Waals surface area contributed by atoms with Crippen molar-refractivity contribution in [3.05, 3.63) is 64.7 Å². The molecule has 2 rings (SSSR count). The second-order valence-corrected chi connectivity index (χ2v) is 4.25. The van der Waals surface area contributed by atoms with Crippen molar-refractivity contribution in [1.82, 2.24) is 0 Å². The molecule has 0 heterocycles. The lowest BCUT2D eigenvalue weighted by molar-refractivity contribution is 0.102. The van der Waals surface area contributed by atoms with Gasteiger partial charge < -0.3 is 11.1 Å². The Morgan fingerprint density at radius 2 is 1.94 bits per heavy atom. The summed E-state index contributed by atoms with van der Waals surface area (Å²) in [6.07, 6.45) is 0. The largest absolute Gasteiger partial charge is 0.326 e. The number of rotatable bonds is 3. The maximum absolute atomic E-state index is 12.0. The van der Waals surface area contributed by atoms with E-state index in [9.17, 15) is 4.79 Å². The fourth-order valence-corrected chi connectivity index (χ4v) is 1.84. The molecule has 0 aliphatic rings. The summed E-state index contributed by atoms with van der Waals surface area (Å²) in [5, 5.41) is 3.23. The standard InChI is InChI=1S/C14H13ClN2O/c15-13-7-2-1-6-12(13)14(18)17-11-5-3-4-10(8-11)9-16/h1-8H,9,16H2,(H,17,18). The van der Waals surface area contributed by atoms with Gasteiger partial charge in [0.15, 0.2) is 0 Å². The lowest BCUT2D eigenvalue weighted by Gasteiger charge is -2.07. The summed E-state index contributed by atoms with van der Waals surface area (Å²) < 4.78 is 0. The van der Waals surface area contributed by atoms with Crippen molar-refractivity contribution in [3.8, 4) is 0 Å². The molecule has 0 radical (unpaired) electrons. The summed E-state index contributed by atoms with van der Waals surface area (Å²) in [4.78, 5) is 12.0. The number of benzene rings is 2. The first kappa shape index (κ1) is 12.6. The zero-order valence-corrected chi connectivity index (χ0v) is 10.4. The monoisotopic (exact) mass is 260 g/mol. The van der Waals surface area contributed by atoms with Crippen molar-refractivity contribution in [2.24, 2.45) is 5.73 Å². The van der Waals surface area contributed by atoms with E-state index in [-0.39, 0.29) is 5.91 Å². The van der Waals surface area contributed by atoms with E-state index in [0.29, 0.717) is 22.8 Å². The van der Waals surface area contributed by atoms with Crippen molar-refractivity contribution in [2.45, 2.75) is 6.54 Å². The average molecular weight is 261 g/mol. The van der Waals surface area contributed by atoms with E-state index >= 15 is 0 Å². The van der Waals surface area contributed by atoms with Crippen LogP contribution in [-0.2, 0) is 6.54 Å². The van der Waals surface area contributed by atoms with Gasteiger partial charge in [-0.05, 0) is 29.8 Å². The van der Waals surface area contributed by atoms with E-state index in [1.807, 2.05) is 24.3 Å². The van der Waals surface area contributed by atoms with Gasteiger partial charge in [-0.3, -0.25) is 4.79 Å². The zero-order chi connectivity index (χ0) is 13.0. The van der Waals surface area contributed by atoms with E-state index in [2.05, 4.69) is 5.32 Å². The quantitative estimate of drug-likeness (QED) is 0.891. The van der Waals surface area contributed by atoms with Crippen LogP contribution in [0.25, 0.3) is 0 Å². The van der Waals surface area contributed by atoms with Gasteiger partial charge in [-0.15, -0.1) is 0 Å². The molecule has 2 aromatic carbocycles. The van der Waals surface area contributed by atoms with Gasteiger partial charge >= 0.3 is 0 Å². The molecular weight excluding hydrogens is 248 g/mol. The number of carbonyl (C=O) groups excluding carboxylic acids is 1. The minimum Gasteiger partial charge on any atom is -0.326 e. The van der Waals surface area contributed by atoms with Crippen molar-refractivity contribution in [3.63, 3.8) is 0 Å². The van der Waals surface area contributed by atoms with Crippen LogP contribution in [0.4, 0.5) is 5.69 Å². The van der Waals surface area contributed by atoms with E-state index in [1.54, 1.807) is 24.3 Å². The summed E-state index contributed by atoms with van der Waals surface area (Å²) in [5.74, 6) is -0.227. The molecule has 3 N–H and O–H groups in total. The SMILES string of the molecule is NCc1cccc(NC(=O)c2ccccc2Cl)c1. The van der Waals surface area contributed by atoms with E-state index in [0.717, 1.165) is 5.56 Å². The van der Waals surface area contributed by atoms with E-state index < -0.39 is 0 Å². The van der Waals surface area contributed by atoms with Gasteiger partial charge in [0.1, 0.15) is 0 Å². The van der Waals surface area contributed by atoms with Gasteiger partial charge in [0.05, 0.1) is 10.6 Å². The predicted octanol–water partition coefficient (Wildman–Crippen LogP) is 3.05. The van der Waals surface area contributed by atoms with Crippen molar-refractivity contribution >= 4 is 23.2 Å². The summed E-state index contributed by atoms with van der Waals surface area (Å²) >= 11 is 5.96. The van der Waals surface area contributed by atoms with Crippen LogP contribution in [0.2, 0.25) is 5.02 Å². The van der Waals surface area contributed by atoms with Gasteiger partial charge in [-0.2, -0.15) is 0 Å². The summed E-state index contributed by atoms with van der Waals surface area (Å²) in [6.45, 7) is 0.440. The normalized spacial score (nSPS) is 10.1. The first-order valence-corrected chi connectivity index (χ1v) is 5.93. The molecule has 0 saturated heterocycles. The van der Waals surface area contributed by atoms with Crippen LogP contribution < -0.4 is 11.1 Å². The number of hydrogen-bond acceptors (Lipinski definition) is 2. The molecule has 0 spiro atoms. The lowest BCUT2D eigenvalue weighted by Crippen LogP contribution is -2.12. The van der Waals surface area contributed by atoms with Crippen molar-refractivity contribution in [2.75, 3.05) is 5.32 Å². The minimum absolute atomic E-state index is 0.227. The minimum atomic E-state index is -0.227. The number of anilines is 1. The molecule has 18 heavy (non-hydrogen) atoms. The van der Waals surface area contributed by atoms with Crippen molar-refractivity contribution < 1.29 is 4.79 Å². The van der Waals surface area contributed by atoms with Gasteiger partial charge in [-0.1, -0.05) is 35.9 Å². The van der Waals surface area contributed by atoms with Crippen LogP contribution in [0.3, 0.4) is 0 Å². The molecule has 3 nitrogen and oxygen atoms in total. The first-order valence-electron chi connectivity index (χ1n) is 5.55. The molecule has 0 fully saturated rings. The highest BCUT2D eigenvalue weighted by Gasteiger charge is 2.09. The molecule has 0 unspecified atom stereocenters. The lowest BCUT2D eigenvalue weighted by atomic mass is 10.1. The first-order chi connectivity index (χ1) is 8.70. The topological polar surface area (TPSA) is 55.1 Å². The highest BCUT2D eigenvalue weighted by molar-refractivity contribution is 6.34.